The fourth-order valence-corrected chi connectivity index (χ4v) is 6.97. The predicted octanol–water partition coefficient (Wildman–Crippen LogP) is 11.4. The van der Waals surface area contributed by atoms with Crippen LogP contribution in [0, 0.1) is 0 Å². The molecule has 0 aliphatic rings. The van der Waals surface area contributed by atoms with Crippen LogP contribution in [-0.4, -0.2) is 0 Å². The second-order valence-corrected chi connectivity index (χ2v) is 11.4. The van der Waals surface area contributed by atoms with Crippen LogP contribution in [-0.2, 0) is 0 Å². The minimum atomic E-state index is 1.08. The number of anilines is 2. The summed E-state index contributed by atoms with van der Waals surface area (Å²) in [5.41, 5.74) is 7.16. The fraction of sp³-hybridized carbons (Fsp3) is 0. The van der Waals surface area contributed by atoms with Gasteiger partial charge in [0.2, 0.25) is 0 Å². The molecule has 188 valence electrons. The number of hydrogen-bond acceptors (Lipinski definition) is 2. The molecule has 0 saturated heterocycles. The lowest BCUT2D eigenvalue weighted by Gasteiger charge is -2.15. The van der Waals surface area contributed by atoms with E-state index in [1.165, 1.54) is 64.0 Å². The van der Waals surface area contributed by atoms with Gasteiger partial charge in [-0.1, -0.05) is 97.1 Å². The van der Waals surface area contributed by atoms with E-state index in [9.17, 15) is 0 Å². The van der Waals surface area contributed by atoms with Crippen molar-refractivity contribution in [2.45, 2.75) is 0 Å². The maximum atomic E-state index is 3.71. The van der Waals surface area contributed by atoms with E-state index < -0.39 is 0 Å². The zero-order valence-electron chi connectivity index (χ0n) is 21.8. The molecule has 0 fully saturated rings. The van der Waals surface area contributed by atoms with Crippen LogP contribution in [0.3, 0.4) is 0 Å². The number of thiophene rings is 1. The van der Waals surface area contributed by atoms with E-state index >= 15 is 0 Å². The molecule has 1 aromatic heterocycles. The van der Waals surface area contributed by atoms with E-state index in [0.29, 0.717) is 0 Å². The first-order chi connectivity index (χ1) is 19.8. The van der Waals surface area contributed by atoms with Gasteiger partial charge in [0.1, 0.15) is 0 Å². The summed E-state index contributed by atoms with van der Waals surface area (Å²) in [5, 5.41) is 11.3. The smallest absolute Gasteiger partial charge is 0.0478 e. The van der Waals surface area contributed by atoms with Gasteiger partial charge < -0.3 is 5.32 Å². The Morgan fingerprint density at radius 2 is 1.02 bits per heavy atom. The summed E-state index contributed by atoms with van der Waals surface area (Å²) in [6.45, 7) is 0. The summed E-state index contributed by atoms with van der Waals surface area (Å²) in [7, 11) is 0. The summed E-state index contributed by atoms with van der Waals surface area (Å²) >= 11 is 1.85. The normalized spacial score (nSPS) is 11.5. The molecular weight excluding hydrogens is 502 g/mol. The van der Waals surface area contributed by atoms with Gasteiger partial charge in [-0.2, -0.15) is 0 Å². The van der Waals surface area contributed by atoms with Gasteiger partial charge in [0.25, 0.3) is 0 Å². The number of nitrogens with one attached hydrogen (secondary N) is 1. The van der Waals surface area contributed by atoms with Gasteiger partial charge in [-0.05, 0) is 92.3 Å². The highest BCUT2D eigenvalue weighted by Crippen LogP contribution is 2.40. The van der Waals surface area contributed by atoms with E-state index in [-0.39, 0.29) is 0 Å². The van der Waals surface area contributed by atoms with Gasteiger partial charge in [-0.25, -0.2) is 0 Å². The van der Waals surface area contributed by atoms with Crippen molar-refractivity contribution in [1.82, 2.24) is 0 Å². The SMILES string of the molecule is c1ccc2cc(-c3cc4ccccc4cc3-c3ccc(Nc4cccc5sc6ccccc6c45)cc3)ccc2c1. The molecule has 0 unspecified atom stereocenters. The van der Waals surface area contributed by atoms with Crippen LogP contribution in [0.25, 0.3) is 64.0 Å². The Kier molecular flexibility index (Phi) is 5.39. The van der Waals surface area contributed by atoms with E-state index in [0.717, 1.165) is 11.4 Å². The molecular formula is C38H25NS. The van der Waals surface area contributed by atoms with Crippen molar-refractivity contribution < 1.29 is 0 Å². The Morgan fingerprint density at radius 1 is 0.425 bits per heavy atom. The number of hydrogen-bond donors (Lipinski definition) is 1. The number of fused-ring (bicyclic) bond motifs is 5. The lowest BCUT2D eigenvalue weighted by atomic mass is 9.90. The highest BCUT2D eigenvalue weighted by molar-refractivity contribution is 7.25. The lowest BCUT2D eigenvalue weighted by molar-refractivity contribution is 1.57. The molecule has 0 saturated carbocycles. The third-order valence-electron chi connectivity index (χ3n) is 7.82. The Morgan fingerprint density at radius 3 is 1.80 bits per heavy atom. The number of rotatable bonds is 4. The maximum absolute atomic E-state index is 3.71. The van der Waals surface area contributed by atoms with Gasteiger partial charge in [0, 0.05) is 31.5 Å². The Bertz CT molecular complexity index is 2190. The third-order valence-corrected chi connectivity index (χ3v) is 8.96. The highest BCUT2D eigenvalue weighted by Gasteiger charge is 2.12. The second-order valence-electron chi connectivity index (χ2n) is 10.3. The average Bonchev–Trinajstić information content (AvgIpc) is 3.40. The van der Waals surface area contributed by atoms with Crippen LogP contribution in [0.2, 0.25) is 0 Å². The summed E-state index contributed by atoms with van der Waals surface area (Å²) in [6.07, 6.45) is 0. The van der Waals surface area contributed by atoms with Crippen molar-refractivity contribution in [3.8, 4) is 22.3 Å². The van der Waals surface area contributed by atoms with Crippen LogP contribution < -0.4 is 5.32 Å². The molecule has 8 aromatic rings. The molecule has 0 atom stereocenters. The molecule has 40 heavy (non-hydrogen) atoms. The molecule has 0 aliphatic heterocycles. The van der Waals surface area contributed by atoms with Gasteiger partial charge in [-0.15, -0.1) is 11.3 Å². The Hall–Kier alpha value is -4.92. The molecule has 8 rings (SSSR count). The minimum absolute atomic E-state index is 1.08. The van der Waals surface area contributed by atoms with Crippen LogP contribution in [0.5, 0.6) is 0 Å². The molecule has 1 N–H and O–H groups in total. The van der Waals surface area contributed by atoms with Crippen molar-refractivity contribution in [3.63, 3.8) is 0 Å². The van der Waals surface area contributed by atoms with E-state index in [2.05, 4.69) is 151 Å². The average molecular weight is 528 g/mol. The largest absolute Gasteiger partial charge is 0.355 e. The Balaban J connectivity index is 1.22. The van der Waals surface area contributed by atoms with E-state index in [4.69, 9.17) is 0 Å². The summed E-state index contributed by atoms with van der Waals surface area (Å²) in [6, 6.07) is 52.7. The highest BCUT2D eigenvalue weighted by atomic mass is 32.1. The van der Waals surface area contributed by atoms with Gasteiger partial charge in [0.05, 0.1) is 0 Å². The second kappa shape index (κ2) is 9.37. The van der Waals surface area contributed by atoms with Crippen LogP contribution in [0.15, 0.2) is 146 Å². The van der Waals surface area contributed by atoms with Crippen molar-refractivity contribution >= 4 is 64.4 Å². The molecule has 0 spiro atoms. The molecule has 0 aliphatic carbocycles. The van der Waals surface area contributed by atoms with Crippen molar-refractivity contribution in [3.05, 3.63) is 146 Å². The topological polar surface area (TPSA) is 12.0 Å². The molecule has 0 radical (unpaired) electrons. The summed E-state index contributed by atoms with van der Waals surface area (Å²) < 4.78 is 2.62. The lowest BCUT2D eigenvalue weighted by Crippen LogP contribution is -1.92. The van der Waals surface area contributed by atoms with Crippen molar-refractivity contribution in [2.75, 3.05) is 5.32 Å². The van der Waals surface area contributed by atoms with Crippen molar-refractivity contribution in [1.29, 1.82) is 0 Å². The monoisotopic (exact) mass is 527 g/mol. The molecule has 0 bridgehead atoms. The van der Waals surface area contributed by atoms with E-state index in [1.807, 2.05) is 11.3 Å². The maximum Gasteiger partial charge on any atom is 0.0478 e. The predicted molar refractivity (Wildman–Crippen MR) is 175 cm³/mol. The van der Waals surface area contributed by atoms with Gasteiger partial charge in [-0.3, -0.25) is 0 Å². The molecule has 7 aromatic carbocycles. The van der Waals surface area contributed by atoms with E-state index in [1.54, 1.807) is 0 Å². The van der Waals surface area contributed by atoms with Gasteiger partial charge in [0.15, 0.2) is 0 Å². The standard InChI is InChI=1S/C38H25NS/c1-2-9-27-22-30(17-16-25(27)8-1)34-24-29-11-4-3-10-28(29)23-33(34)26-18-20-31(21-19-26)39-35-13-7-15-37-38(35)32-12-5-6-14-36(32)40-37/h1-24,39H. The molecule has 2 heteroatoms. The summed E-state index contributed by atoms with van der Waals surface area (Å²) in [5.74, 6) is 0. The van der Waals surface area contributed by atoms with Crippen LogP contribution >= 0.6 is 11.3 Å². The molecule has 0 amide bonds. The van der Waals surface area contributed by atoms with Crippen LogP contribution in [0.4, 0.5) is 11.4 Å². The Labute approximate surface area is 237 Å². The van der Waals surface area contributed by atoms with Gasteiger partial charge >= 0.3 is 0 Å². The quantitative estimate of drug-likeness (QED) is 0.240. The van der Waals surface area contributed by atoms with Crippen molar-refractivity contribution in [2.24, 2.45) is 0 Å². The first-order valence-corrected chi connectivity index (χ1v) is 14.4. The molecule has 1 nitrogen and oxygen atoms in total. The summed E-state index contributed by atoms with van der Waals surface area (Å²) in [4.78, 5) is 0. The molecule has 1 heterocycles. The fourth-order valence-electron chi connectivity index (χ4n) is 5.84. The zero-order chi connectivity index (χ0) is 26.5. The third kappa shape index (κ3) is 3.93. The first-order valence-electron chi connectivity index (χ1n) is 13.6. The number of benzene rings is 7. The van der Waals surface area contributed by atoms with Crippen LogP contribution in [0.1, 0.15) is 0 Å². The zero-order valence-corrected chi connectivity index (χ0v) is 22.6. The first kappa shape index (κ1) is 23.0. The minimum Gasteiger partial charge on any atom is -0.355 e.